The molecule has 0 aromatic rings. The van der Waals surface area contributed by atoms with E-state index in [1.165, 1.54) is 0 Å². The summed E-state index contributed by atoms with van der Waals surface area (Å²) in [5.74, 6) is -0.628. The van der Waals surface area contributed by atoms with Gasteiger partial charge in [0.05, 0.1) is 0 Å². The van der Waals surface area contributed by atoms with Crippen molar-refractivity contribution in [2.45, 2.75) is 6.42 Å². The molecule has 4 nitrogen and oxygen atoms in total. The minimum atomic E-state index is -0.628. The van der Waals surface area contributed by atoms with Crippen molar-refractivity contribution in [3.63, 3.8) is 0 Å². The van der Waals surface area contributed by atoms with Gasteiger partial charge in [-0.2, -0.15) is 0 Å². The van der Waals surface area contributed by atoms with Crippen molar-refractivity contribution in [2.24, 2.45) is 5.18 Å². The van der Waals surface area contributed by atoms with Gasteiger partial charge in [-0.15, -0.1) is 4.91 Å². The zero-order valence-corrected chi connectivity index (χ0v) is 6.41. The van der Waals surface area contributed by atoms with Crippen molar-refractivity contribution in [3.05, 3.63) is 16.6 Å². The van der Waals surface area contributed by atoms with Crippen LogP contribution in [0.4, 0.5) is 0 Å². The SMILES string of the molecule is CN1CCC=C(C(=O)N=O)C1. The second kappa shape index (κ2) is 3.39. The van der Waals surface area contributed by atoms with E-state index in [2.05, 4.69) is 5.18 Å². The van der Waals surface area contributed by atoms with Crippen molar-refractivity contribution in [3.8, 4) is 0 Å². The molecule has 0 aromatic carbocycles. The third kappa shape index (κ3) is 1.94. The maximum Gasteiger partial charge on any atom is 0.313 e. The van der Waals surface area contributed by atoms with Gasteiger partial charge < -0.3 is 4.90 Å². The number of carbonyl (C=O) groups is 1. The summed E-state index contributed by atoms with van der Waals surface area (Å²) in [6.07, 6.45) is 2.61. The zero-order chi connectivity index (χ0) is 8.27. The third-order valence-electron chi connectivity index (χ3n) is 1.70. The lowest BCUT2D eigenvalue weighted by Crippen LogP contribution is -2.27. The Kier molecular flexibility index (Phi) is 2.48. The summed E-state index contributed by atoms with van der Waals surface area (Å²) < 4.78 is 0. The van der Waals surface area contributed by atoms with Crippen LogP contribution >= 0.6 is 0 Å². The van der Waals surface area contributed by atoms with E-state index in [0.29, 0.717) is 12.1 Å². The van der Waals surface area contributed by atoms with Crippen LogP contribution in [0, 0.1) is 4.91 Å². The van der Waals surface area contributed by atoms with Gasteiger partial charge in [0.1, 0.15) is 0 Å². The molecule has 11 heavy (non-hydrogen) atoms. The number of rotatable bonds is 1. The van der Waals surface area contributed by atoms with Crippen LogP contribution in [-0.2, 0) is 4.79 Å². The molecule has 1 aliphatic rings. The molecule has 1 amide bonds. The van der Waals surface area contributed by atoms with Crippen LogP contribution in [0.1, 0.15) is 6.42 Å². The number of nitrogens with zero attached hydrogens (tertiary/aromatic N) is 2. The monoisotopic (exact) mass is 154 g/mol. The Morgan fingerprint density at radius 3 is 3.00 bits per heavy atom. The quantitative estimate of drug-likeness (QED) is 0.518. The maximum atomic E-state index is 10.7. The topological polar surface area (TPSA) is 49.7 Å². The molecular formula is C7H10N2O2. The summed E-state index contributed by atoms with van der Waals surface area (Å²) in [6.45, 7) is 1.49. The molecule has 1 aliphatic heterocycles. The van der Waals surface area contributed by atoms with Crippen LogP contribution in [-0.4, -0.2) is 30.9 Å². The fraction of sp³-hybridized carbons (Fsp3) is 0.571. The minimum absolute atomic E-state index is 0.522. The molecule has 0 N–H and O–H groups in total. The van der Waals surface area contributed by atoms with Gasteiger partial charge in [0, 0.05) is 23.8 Å². The molecule has 0 bridgehead atoms. The van der Waals surface area contributed by atoms with E-state index >= 15 is 0 Å². The summed E-state index contributed by atoms with van der Waals surface area (Å²) >= 11 is 0. The Morgan fingerprint density at radius 1 is 1.73 bits per heavy atom. The van der Waals surface area contributed by atoms with Crippen LogP contribution in [0.25, 0.3) is 0 Å². The lowest BCUT2D eigenvalue weighted by Gasteiger charge is -2.20. The van der Waals surface area contributed by atoms with E-state index < -0.39 is 5.91 Å². The highest BCUT2D eigenvalue weighted by molar-refractivity contribution is 5.94. The molecule has 0 saturated carbocycles. The van der Waals surface area contributed by atoms with E-state index in [-0.39, 0.29) is 0 Å². The molecule has 0 radical (unpaired) electrons. The third-order valence-corrected chi connectivity index (χ3v) is 1.70. The first-order valence-electron chi connectivity index (χ1n) is 3.49. The zero-order valence-electron chi connectivity index (χ0n) is 6.41. The maximum absolute atomic E-state index is 10.7. The van der Waals surface area contributed by atoms with Gasteiger partial charge in [0.15, 0.2) is 0 Å². The van der Waals surface area contributed by atoms with Crippen LogP contribution < -0.4 is 0 Å². The first-order valence-corrected chi connectivity index (χ1v) is 3.49. The largest absolute Gasteiger partial charge is 0.313 e. The van der Waals surface area contributed by atoms with Crippen LogP contribution in [0.3, 0.4) is 0 Å². The average molecular weight is 154 g/mol. The van der Waals surface area contributed by atoms with Crippen molar-refractivity contribution in [1.29, 1.82) is 0 Å². The number of amides is 1. The van der Waals surface area contributed by atoms with E-state index in [4.69, 9.17) is 0 Å². The van der Waals surface area contributed by atoms with Gasteiger partial charge in [-0.3, -0.25) is 4.79 Å². The predicted octanol–water partition coefficient (Wildman–Crippen LogP) is 0.541. The number of hydrogen-bond donors (Lipinski definition) is 0. The Bertz CT molecular complexity index is 210. The Morgan fingerprint density at radius 2 is 2.45 bits per heavy atom. The Labute approximate surface area is 64.8 Å². The van der Waals surface area contributed by atoms with Crippen molar-refractivity contribution >= 4 is 5.91 Å². The number of nitroso groups, excluding NO2 is 1. The van der Waals surface area contributed by atoms with Crippen molar-refractivity contribution < 1.29 is 4.79 Å². The first kappa shape index (κ1) is 8.07. The van der Waals surface area contributed by atoms with E-state index in [9.17, 15) is 9.70 Å². The molecule has 1 rings (SSSR count). The molecular weight excluding hydrogens is 144 g/mol. The molecule has 0 atom stereocenters. The predicted molar refractivity (Wildman–Crippen MR) is 41.0 cm³/mol. The second-order valence-electron chi connectivity index (χ2n) is 2.65. The minimum Gasteiger partial charge on any atom is -0.302 e. The molecule has 0 aromatic heterocycles. The average Bonchev–Trinajstić information content (AvgIpc) is 2.03. The molecule has 0 unspecified atom stereocenters. The summed E-state index contributed by atoms with van der Waals surface area (Å²) in [7, 11) is 1.91. The lowest BCUT2D eigenvalue weighted by molar-refractivity contribution is -0.114. The molecule has 0 spiro atoms. The van der Waals surface area contributed by atoms with Crippen molar-refractivity contribution in [2.75, 3.05) is 20.1 Å². The highest BCUT2D eigenvalue weighted by Gasteiger charge is 2.15. The fourth-order valence-corrected chi connectivity index (χ4v) is 1.11. The number of carbonyl (C=O) groups excluding carboxylic acids is 1. The van der Waals surface area contributed by atoms with E-state index in [1.807, 2.05) is 11.9 Å². The molecule has 0 fully saturated rings. The lowest BCUT2D eigenvalue weighted by atomic mass is 10.1. The highest BCUT2D eigenvalue weighted by Crippen LogP contribution is 2.08. The molecule has 4 heteroatoms. The van der Waals surface area contributed by atoms with E-state index in [1.54, 1.807) is 6.08 Å². The second-order valence-corrected chi connectivity index (χ2v) is 2.65. The summed E-state index contributed by atoms with van der Waals surface area (Å²) in [4.78, 5) is 22.6. The smallest absolute Gasteiger partial charge is 0.302 e. The Hall–Kier alpha value is -1.03. The van der Waals surface area contributed by atoms with Gasteiger partial charge in [-0.1, -0.05) is 6.08 Å². The normalized spacial score (nSPS) is 19.2. The summed E-state index contributed by atoms with van der Waals surface area (Å²) in [6, 6.07) is 0. The number of hydrogen-bond acceptors (Lipinski definition) is 3. The van der Waals surface area contributed by atoms with Crippen LogP contribution in [0.2, 0.25) is 0 Å². The highest BCUT2D eigenvalue weighted by atomic mass is 16.3. The first-order chi connectivity index (χ1) is 5.24. The van der Waals surface area contributed by atoms with Crippen molar-refractivity contribution in [1.82, 2.24) is 4.90 Å². The van der Waals surface area contributed by atoms with Gasteiger partial charge in [0.2, 0.25) is 0 Å². The molecule has 0 aliphatic carbocycles. The number of likely N-dealkylation sites (N-methyl/N-ethyl adjacent to an activating group) is 1. The molecule has 1 heterocycles. The van der Waals surface area contributed by atoms with Gasteiger partial charge in [-0.25, -0.2) is 0 Å². The molecule has 60 valence electrons. The molecule has 0 saturated heterocycles. The fourth-order valence-electron chi connectivity index (χ4n) is 1.11. The van der Waals surface area contributed by atoms with Gasteiger partial charge in [0.25, 0.3) is 0 Å². The summed E-state index contributed by atoms with van der Waals surface area (Å²) in [5.41, 5.74) is 0.522. The van der Waals surface area contributed by atoms with Gasteiger partial charge >= 0.3 is 5.91 Å². The van der Waals surface area contributed by atoms with Gasteiger partial charge in [-0.05, 0) is 13.5 Å². The van der Waals surface area contributed by atoms with Crippen LogP contribution in [0.5, 0.6) is 0 Å². The van der Waals surface area contributed by atoms with Crippen LogP contribution in [0.15, 0.2) is 16.8 Å². The Balaban J connectivity index is 2.64. The van der Waals surface area contributed by atoms with E-state index in [0.717, 1.165) is 13.0 Å². The standard InChI is InChI=1S/C7H10N2O2/c1-9-4-2-3-6(5-9)7(10)8-11/h3H,2,4-5H2,1H3. The summed E-state index contributed by atoms with van der Waals surface area (Å²) in [5, 5.41) is 2.36.